The number of nitrogens with zero attached hydrogens (tertiary/aromatic N) is 5. The molecule has 0 atom stereocenters. The van der Waals surface area contributed by atoms with Crippen molar-refractivity contribution in [3.8, 4) is 33.8 Å². The van der Waals surface area contributed by atoms with E-state index >= 15 is 0 Å². The summed E-state index contributed by atoms with van der Waals surface area (Å²) in [4.78, 5) is 9.83. The molecule has 6 heterocycles. The van der Waals surface area contributed by atoms with Gasteiger partial charge in [0, 0.05) is 47.6 Å². The van der Waals surface area contributed by atoms with Crippen molar-refractivity contribution in [2.24, 2.45) is 5.41 Å². The highest BCUT2D eigenvalue weighted by Crippen LogP contribution is 2.48. The summed E-state index contributed by atoms with van der Waals surface area (Å²) in [6.07, 6.45) is 6.69. The van der Waals surface area contributed by atoms with E-state index < -0.39 is 0 Å². The Labute approximate surface area is 242 Å². The molecule has 3 aromatic carbocycles. The molecule has 3 aliphatic rings. The Bertz CT molecular complexity index is 1840. The Morgan fingerprint density at radius 1 is 0.714 bits per heavy atom. The Morgan fingerprint density at radius 3 is 2.10 bits per heavy atom. The Hall–Kier alpha value is -4.73. The summed E-state index contributed by atoms with van der Waals surface area (Å²) in [6.45, 7) is 6.06. The second-order valence-electron chi connectivity index (χ2n) is 11.9. The Morgan fingerprint density at radius 2 is 1.38 bits per heavy atom. The number of aromatic amines is 2. The van der Waals surface area contributed by atoms with Crippen molar-refractivity contribution < 1.29 is 9.47 Å². The first-order valence-corrected chi connectivity index (χ1v) is 14.5. The van der Waals surface area contributed by atoms with E-state index in [1.807, 2.05) is 18.6 Å². The van der Waals surface area contributed by atoms with Crippen molar-refractivity contribution in [2.75, 3.05) is 44.3 Å². The van der Waals surface area contributed by atoms with Gasteiger partial charge in [-0.05, 0) is 72.1 Å². The van der Waals surface area contributed by atoms with Crippen molar-refractivity contribution in [3.05, 3.63) is 79.3 Å². The van der Waals surface area contributed by atoms with E-state index in [-0.39, 0.29) is 0 Å². The van der Waals surface area contributed by atoms with Gasteiger partial charge in [-0.25, -0.2) is 4.98 Å². The standard InChI is InChI=1S/C33H29N7O2/c1(8-39-17-33(18-39)19-41-20-33)9-40-29-7-4-23(21-2-5-27-25(10-21)15-35-37-27)12-30(29)42-31-13-24(14-34-32(31)40)22-3-6-28-26(11-22)16-36-38-28/h2-7,10-16H,1,8-9,17-20H2,(H,35,37)(H,36,38). The minimum Gasteiger partial charge on any atom is -0.451 e. The summed E-state index contributed by atoms with van der Waals surface area (Å²) in [7, 11) is 0. The lowest BCUT2D eigenvalue weighted by Gasteiger charge is -2.55. The molecule has 6 aromatic rings. The molecule has 0 radical (unpaired) electrons. The number of ether oxygens (including phenoxy) is 2. The third-order valence-electron chi connectivity index (χ3n) is 8.90. The lowest BCUT2D eigenvalue weighted by molar-refractivity contribution is -0.188. The smallest absolute Gasteiger partial charge is 0.176 e. The summed E-state index contributed by atoms with van der Waals surface area (Å²) in [5.41, 5.74) is 7.83. The number of hydrogen-bond donors (Lipinski definition) is 2. The number of benzene rings is 3. The summed E-state index contributed by atoms with van der Waals surface area (Å²) in [5, 5.41) is 16.6. The minimum atomic E-state index is 0.436. The number of anilines is 2. The zero-order chi connectivity index (χ0) is 27.7. The lowest BCUT2D eigenvalue weighted by atomic mass is 9.78. The molecule has 3 aromatic heterocycles. The fraction of sp³-hybridized carbons (Fsp3) is 0.242. The van der Waals surface area contributed by atoms with Gasteiger partial charge >= 0.3 is 0 Å². The topological polar surface area (TPSA) is 95.2 Å². The zero-order valence-corrected chi connectivity index (χ0v) is 23.0. The Kier molecular flexibility index (Phi) is 5.20. The third-order valence-corrected chi connectivity index (χ3v) is 8.90. The SMILES string of the molecule is c1cc2c(cc1-c1ccc3[nH]ncc3c1)Oc1cc(-c3ccc4[nH]ncc4c3)cnc1N2CCCN1CC2(COC2)C1. The van der Waals surface area contributed by atoms with E-state index in [9.17, 15) is 0 Å². The summed E-state index contributed by atoms with van der Waals surface area (Å²) >= 11 is 0. The molecule has 1 spiro atoms. The van der Waals surface area contributed by atoms with Gasteiger partial charge in [0.25, 0.3) is 0 Å². The molecule has 2 N–H and O–H groups in total. The van der Waals surface area contributed by atoms with Crippen molar-refractivity contribution >= 4 is 33.3 Å². The third kappa shape index (κ3) is 3.88. The van der Waals surface area contributed by atoms with Crippen LogP contribution in [0.3, 0.4) is 0 Å². The van der Waals surface area contributed by atoms with Crippen molar-refractivity contribution in [1.29, 1.82) is 0 Å². The molecule has 3 aliphatic heterocycles. The highest BCUT2D eigenvalue weighted by Gasteiger charge is 2.48. The van der Waals surface area contributed by atoms with Gasteiger partial charge in [-0.15, -0.1) is 0 Å². The molecule has 0 unspecified atom stereocenters. The summed E-state index contributed by atoms with van der Waals surface area (Å²) in [5.74, 6) is 2.46. The van der Waals surface area contributed by atoms with Crippen LogP contribution in [0, 0.1) is 5.41 Å². The second-order valence-corrected chi connectivity index (χ2v) is 11.9. The van der Waals surface area contributed by atoms with Gasteiger partial charge in [-0.1, -0.05) is 18.2 Å². The molecule has 0 saturated carbocycles. The molecule has 208 valence electrons. The van der Waals surface area contributed by atoms with E-state index in [0.717, 1.165) is 113 Å². The number of pyridine rings is 1. The normalized spacial score (nSPS) is 17.1. The molecule has 9 heteroatoms. The molecule has 0 aliphatic carbocycles. The van der Waals surface area contributed by atoms with Gasteiger partial charge in [-0.3, -0.25) is 10.2 Å². The van der Waals surface area contributed by atoms with E-state index in [1.165, 1.54) is 0 Å². The van der Waals surface area contributed by atoms with E-state index in [1.54, 1.807) is 0 Å². The minimum absolute atomic E-state index is 0.436. The van der Waals surface area contributed by atoms with Crippen LogP contribution in [-0.2, 0) is 4.74 Å². The van der Waals surface area contributed by atoms with Crippen LogP contribution in [-0.4, -0.2) is 69.7 Å². The number of nitrogens with one attached hydrogen (secondary N) is 2. The monoisotopic (exact) mass is 555 g/mol. The van der Waals surface area contributed by atoms with Crippen LogP contribution < -0.4 is 9.64 Å². The Balaban J connectivity index is 1.05. The van der Waals surface area contributed by atoms with Gasteiger partial charge in [-0.2, -0.15) is 10.2 Å². The predicted molar refractivity (Wildman–Crippen MR) is 162 cm³/mol. The van der Waals surface area contributed by atoms with Crippen LogP contribution in [0.15, 0.2) is 79.3 Å². The molecule has 42 heavy (non-hydrogen) atoms. The molecule has 2 saturated heterocycles. The highest BCUT2D eigenvalue weighted by atomic mass is 16.5. The maximum Gasteiger partial charge on any atom is 0.176 e. The fourth-order valence-electron chi connectivity index (χ4n) is 6.66. The van der Waals surface area contributed by atoms with Crippen LogP contribution in [0.4, 0.5) is 11.5 Å². The number of fused-ring (bicyclic) bond motifs is 4. The molecule has 9 rings (SSSR count). The lowest BCUT2D eigenvalue weighted by Crippen LogP contribution is -2.65. The first kappa shape index (κ1) is 23.9. The van der Waals surface area contributed by atoms with Crippen LogP contribution in [0.5, 0.6) is 11.5 Å². The number of hydrogen-bond acceptors (Lipinski definition) is 7. The predicted octanol–water partition coefficient (Wildman–Crippen LogP) is 6.13. The van der Waals surface area contributed by atoms with Crippen molar-refractivity contribution in [2.45, 2.75) is 6.42 Å². The number of aromatic nitrogens is 5. The van der Waals surface area contributed by atoms with Crippen molar-refractivity contribution in [1.82, 2.24) is 30.3 Å². The maximum atomic E-state index is 6.62. The highest BCUT2D eigenvalue weighted by molar-refractivity contribution is 5.87. The molecular formula is C33H29N7O2. The molecule has 2 fully saturated rings. The van der Waals surface area contributed by atoms with Crippen molar-refractivity contribution in [3.63, 3.8) is 0 Å². The van der Waals surface area contributed by atoms with E-state index in [4.69, 9.17) is 14.5 Å². The largest absolute Gasteiger partial charge is 0.451 e. The average molecular weight is 556 g/mol. The van der Waals surface area contributed by atoms with Gasteiger partial charge in [0.05, 0.1) is 42.3 Å². The van der Waals surface area contributed by atoms with Gasteiger partial charge in [0.15, 0.2) is 17.3 Å². The molecular weight excluding hydrogens is 526 g/mol. The second kappa shape index (κ2) is 9.14. The summed E-state index contributed by atoms with van der Waals surface area (Å²) in [6, 6.07) is 21.2. The molecule has 0 bridgehead atoms. The first-order valence-electron chi connectivity index (χ1n) is 14.5. The zero-order valence-electron chi connectivity index (χ0n) is 23.0. The average Bonchev–Trinajstić information content (AvgIpc) is 3.65. The van der Waals surface area contributed by atoms with Crippen LogP contribution in [0.25, 0.3) is 44.1 Å². The quantitative estimate of drug-likeness (QED) is 0.255. The van der Waals surface area contributed by atoms with Gasteiger partial charge < -0.3 is 19.3 Å². The molecule has 9 nitrogen and oxygen atoms in total. The van der Waals surface area contributed by atoms with Crippen LogP contribution >= 0.6 is 0 Å². The van der Waals surface area contributed by atoms with Gasteiger partial charge in [0.2, 0.25) is 0 Å². The molecule has 0 amide bonds. The fourth-order valence-corrected chi connectivity index (χ4v) is 6.66. The van der Waals surface area contributed by atoms with Crippen LogP contribution in [0.2, 0.25) is 0 Å². The van der Waals surface area contributed by atoms with Crippen LogP contribution in [0.1, 0.15) is 6.42 Å². The summed E-state index contributed by atoms with van der Waals surface area (Å²) < 4.78 is 12.1. The first-order chi connectivity index (χ1) is 20.7. The maximum absolute atomic E-state index is 6.62. The number of rotatable bonds is 6. The van der Waals surface area contributed by atoms with Gasteiger partial charge in [0.1, 0.15) is 0 Å². The number of likely N-dealkylation sites (tertiary alicyclic amines) is 1. The number of H-pyrrole nitrogens is 2. The van der Waals surface area contributed by atoms with E-state index in [0.29, 0.717) is 5.41 Å². The van der Waals surface area contributed by atoms with E-state index in [2.05, 4.69) is 90.9 Å².